The van der Waals surface area contributed by atoms with Crippen LogP contribution in [0, 0.1) is 0 Å². The molecule has 0 spiro atoms. The molecule has 6 heteroatoms. The average molecular weight is 301 g/mol. The molecule has 0 saturated heterocycles. The predicted octanol–water partition coefficient (Wildman–Crippen LogP) is 2.59. The summed E-state index contributed by atoms with van der Waals surface area (Å²) in [5.74, 6) is -0.357. The molecule has 0 radical (unpaired) electrons. The summed E-state index contributed by atoms with van der Waals surface area (Å²) in [5, 5.41) is 2.35. The zero-order valence-electron chi connectivity index (χ0n) is 13.4. The Kier molecular flexibility index (Phi) is 9.41. The number of aldehydes is 1. The highest BCUT2D eigenvalue weighted by atomic mass is 16.6. The molecule has 0 aromatic carbocycles. The fraction of sp³-hybridized carbons (Fsp3) is 0.800. The summed E-state index contributed by atoms with van der Waals surface area (Å²) < 4.78 is 9.99. The van der Waals surface area contributed by atoms with Gasteiger partial charge in [0.05, 0.1) is 0 Å². The Labute approximate surface area is 126 Å². The van der Waals surface area contributed by atoms with E-state index in [1.807, 2.05) is 0 Å². The SMILES string of the molecule is CCCCCCC(=O)OCC(C=O)NC(=O)OC(C)(C)C. The first-order chi connectivity index (χ1) is 9.78. The monoisotopic (exact) mass is 301 g/mol. The van der Waals surface area contributed by atoms with Crippen LogP contribution in [0.5, 0.6) is 0 Å². The Morgan fingerprint density at radius 3 is 2.38 bits per heavy atom. The summed E-state index contributed by atoms with van der Waals surface area (Å²) in [4.78, 5) is 33.8. The Morgan fingerprint density at radius 1 is 1.19 bits per heavy atom. The molecule has 0 fully saturated rings. The highest BCUT2D eigenvalue weighted by Crippen LogP contribution is 2.07. The molecule has 0 aliphatic rings. The van der Waals surface area contributed by atoms with Crippen LogP contribution in [0.15, 0.2) is 0 Å². The second-order valence-corrected chi connectivity index (χ2v) is 5.88. The van der Waals surface area contributed by atoms with Crippen LogP contribution >= 0.6 is 0 Å². The van der Waals surface area contributed by atoms with Gasteiger partial charge in [0.25, 0.3) is 0 Å². The van der Waals surface area contributed by atoms with E-state index in [0.717, 1.165) is 25.7 Å². The molecule has 0 bridgehead atoms. The van der Waals surface area contributed by atoms with Crippen LogP contribution in [0.2, 0.25) is 0 Å². The van der Waals surface area contributed by atoms with Crippen molar-refractivity contribution in [2.24, 2.45) is 0 Å². The van der Waals surface area contributed by atoms with Crippen LogP contribution in [-0.2, 0) is 19.1 Å². The van der Waals surface area contributed by atoms with E-state index in [-0.39, 0.29) is 12.6 Å². The predicted molar refractivity (Wildman–Crippen MR) is 78.9 cm³/mol. The molecule has 1 N–H and O–H groups in total. The molecule has 122 valence electrons. The van der Waals surface area contributed by atoms with Gasteiger partial charge in [-0.25, -0.2) is 4.79 Å². The van der Waals surface area contributed by atoms with Crippen molar-refractivity contribution in [1.82, 2.24) is 5.32 Å². The molecule has 1 unspecified atom stereocenters. The smallest absolute Gasteiger partial charge is 0.408 e. The van der Waals surface area contributed by atoms with Gasteiger partial charge in [0.1, 0.15) is 24.5 Å². The average Bonchev–Trinajstić information content (AvgIpc) is 2.37. The minimum atomic E-state index is -0.889. The first kappa shape index (κ1) is 19.4. The normalized spacial score (nSPS) is 12.4. The van der Waals surface area contributed by atoms with Gasteiger partial charge < -0.3 is 19.6 Å². The van der Waals surface area contributed by atoms with E-state index >= 15 is 0 Å². The minimum Gasteiger partial charge on any atom is -0.463 e. The van der Waals surface area contributed by atoms with Crippen LogP contribution in [0.4, 0.5) is 4.79 Å². The molecule has 0 heterocycles. The zero-order chi connectivity index (χ0) is 16.3. The lowest BCUT2D eigenvalue weighted by molar-refractivity contribution is -0.144. The van der Waals surface area contributed by atoms with E-state index in [1.54, 1.807) is 20.8 Å². The standard InChI is InChI=1S/C15H27NO5/c1-5-6-7-8-9-13(18)20-11-12(10-17)16-14(19)21-15(2,3)4/h10,12H,5-9,11H2,1-4H3,(H,16,19). The van der Waals surface area contributed by atoms with E-state index in [1.165, 1.54) is 0 Å². The quantitative estimate of drug-likeness (QED) is 0.402. The maximum absolute atomic E-state index is 11.5. The summed E-state index contributed by atoms with van der Waals surface area (Å²) >= 11 is 0. The molecule has 0 rings (SSSR count). The maximum Gasteiger partial charge on any atom is 0.408 e. The number of unbranched alkanes of at least 4 members (excludes halogenated alkanes) is 3. The molecule has 1 atom stereocenters. The van der Waals surface area contributed by atoms with E-state index in [4.69, 9.17) is 9.47 Å². The van der Waals surface area contributed by atoms with Crippen molar-refractivity contribution >= 4 is 18.3 Å². The van der Waals surface area contributed by atoms with Crippen molar-refractivity contribution in [3.05, 3.63) is 0 Å². The van der Waals surface area contributed by atoms with Crippen LogP contribution in [0.25, 0.3) is 0 Å². The second-order valence-electron chi connectivity index (χ2n) is 5.88. The Balaban J connectivity index is 3.96. The van der Waals surface area contributed by atoms with Gasteiger partial charge in [-0.2, -0.15) is 0 Å². The van der Waals surface area contributed by atoms with Gasteiger partial charge in [0.15, 0.2) is 0 Å². The number of hydrogen-bond donors (Lipinski definition) is 1. The van der Waals surface area contributed by atoms with Crippen molar-refractivity contribution in [1.29, 1.82) is 0 Å². The fourth-order valence-corrected chi connectivity index (χ4v) is 1.52. The Morgan fingerprint density at radius 2 is 1.86 bits per heavy atom. The molecule has 21 heavy (non-hydrogen) atoms. The first-order valence-corrected chi connectivity index (χ1v) is 7.39. The maximum atomic E-state index is 11.5. The van der Waals surface area contributed by atoms with Crippen molar-refractivity contribution < 1.29 is 23.9 Å². The van der Waals surface area contributed by atoms with Crippen LogP contribution < -0.4 is 5.32 Å². The lowest BCUT2D eigenvalue weighted by Gasteiger charge is -2.21. The molecule has 0 saturated carbocycles. The summed E-state index contributed by atoms with van der Waals surface area (Å²) in [6.45, 7) is 7.08. The van der Waals surface area contributed by atoms with Crippen LogP contribution in [0.3, 0.4) is 0 Å². The summed E-state index contributed by atoms with van der Waals surface area (Å²) in [7, 11) is 0. The Hall–Kier alpha value is -1.59. The van der Waals surface area contributed by atoms with Gasteiger partial charge in [-0.1, -0.05) is 26.2 Å². The lowest BCUT2D eigenvalue weighted by Crippen LogP contribution is -2.42. The number of carbonyl (C=O) groups excluding carboxylic acids is 3. The van der Waals surface area contributed by atoms with Gasteiger partial charge in [-0.3, -0.25) is 4.79 Å². The van der Waals surface area contributed by atoms with E-state index in [9.17, 15) is 14.4 Å². The second kappa shape index (κ2) is 10.2. The molecule has 1 amide bonds. The molecular weight excluding hydrogens is 274 g/mol. The molecule has 0 aliphatic heterocycles. The number of alkyl carbamates (subject to hydrolysis) is 1. The van der Waals surface area contributed by atoms with Gasteiger partial charge in [-0.15, -0.1) is 0 Å². The number of carbonyl (C=O) groups is 3. The molecule has 6 nitrogen and oxygen atoms in total. The van der Waals surface area contributed by atoms with E-state index in [2.05, 4.69) is 12.2 Å². The summed E-state index contributed by atoms with van der Waals surface area (Å²) in [5.41, 5.74) is -0.645. The number of amides is 1. The largest absolute Gasteiger partial charge is 0.463 e. The summed E-state index contributed by atoms with van der Waals surface area (Å²) in [6, 6.07) is -0.889. The van der Waals surface area contributed by atoms with Gasteiger partial charge in [0.2, 0.25) is 0 Å². The lowest BCUT2D eigenvalue weighted by atomic mass is 10.1. The first-order valence-electron chi connectivity index (χ1n) is 7.39. The summed E-state index contributed by atoms with van der Waals surface area (Å²) in [6.07, 6.45) is 4.09. The minimum absolute atomic E-state index is 0.171. The molecular formula is C15H27NO5. The van der Waals surface area contributed by atoms with E-state index < -0.39 is 17.7 Å². The fourth-order valence-electron chi connectivity index (χ4n) is 1.52. The third-order valence-corrected chi connectivity index (χ3v) is 2.52. The third kappa shape index (κ3) is 11.9. The van der Waals surface area contributed by atoms with Gasteiger partial charge >= 0.3 is 12.1 Å². The number of esters is 1. The molecule has 0 aliphatic carbocycles. The van der Waals surface area contributed by atoms with E-state index in [0.29, 0.717) is 12.7 Å². The number of rotatable bonds is 9. The third-order valence-electron chi connectivity index (χ3n) is 2.52. The highest BCUT2D eigenvalue weighted by Gasteiger charge is 2.20. The highest BCUT2D eigenvalue weighted by molar-refractivity contribution is 5.74. The van der Waals surface area contributed by atoms with Crippen molar-refractivity contribution in [3.63, 3.8) is 0 Å². The van der Waals surface area contributed by atoms with Crippen molar-refractivity contribution in [2.45, 2.75) is 71.4 Å². The van der Waals surface area contributed by atoms with Gasteiger partial charge in [-0.05, 0) is 27.2 Å². The zero-order valence-corrected chi connectivity index (χ0v) is 13.4. The molecule has 0 aromatic rings. The van der Waals surface area contributed by atoms with Crippen molar-refractivity contribution in [2.75, 3.05) is 6.61 Å². The number of ether oxygens (including phenoxy) is 2. The van der Waals surface area contributed by atoms with Gasteiger partial charge in [0, 0.05) is 6.42 Å². The molecule has 0 aromatic heterocycles. The van der Waals surface area contributed by atoms with Crippen molar-refractivity contribution in [3.8, 4) is 0 Å². The van der Waals surface area contributed by atoms with Crippen LogP contribution in [-0.4, -0.2) is 36.6 Å². The Bertz CT molecular complexity index is 335. The number of hydrogen-bond acceptors (Lipinski definition) is 5. The number of nitrogens with one attached hydrogen (secondary N) is 1. The topological polar surface area (TPSA) is 81.7 Å². The van der Waals surface area contributed by atoms with Crippen LogP contribution in [0.1, 0.15) is 59.8 Å².